The summed E-state index contributed by atoms with van der Waals surface area (Å²) in [7, 11) is 0. The predicted octanol–water partition coefficient (Wildman–Crippen LogP) is 17.0. The first-order valence-electron chi connectivity index (χ1n) is 26.1. The summed E-state index contributed by atoms with van der Waals surface area (Å²) in [6.45, 7) is 15.8. The van der Waals surface area contributed by atoms with E-state index in [1.54, 1.807) is 12.1 Å². The fraction of sp³-hybridized carbons (Fsp3) is 0.200. The van der Waals surface area contributed by atoms with E-state index >= 15 is 0 Å². The molecule has 0 unspecified atom stereocenters. The molecule has 0 aliphatic carbocycles. The molecule has 12 aromatic rings. The first-order chi connectivity index (χ1) is 35.2. The van der Waals surface area contributed by atoms with Crippen LogP contribution in [0.3, 0.4) is 0 Å². The quantitative estimate of drug-likeness (QED) is 0.0865. The van der Waals surface area contributed by atoms with E-state index < -0.39 is 6.85 Å². The molecule has 3 aromatic heterocycles. The molecule has 0 aliphatic rings. The second kappa shape index (κ2) is 19.2. The monoisotopic (exact) mass is 1110 g/mol. The Bertz CT molecular complexity index is 3990. The molecule has 0 atom stereocenters. The first-order valence-corrected chi connectivity index (χ1v) is 24.6. The summed E-state index contributed by atoms with van der Waals surface area (Å²) in [5.74, 6) is 3.20. The second-order valence-corrected chi connectivity index (χ2v) is 19.8. The van der Waals surface area contributed by atoms with Gasteiger partial charge in [-0.15, -0.1) is 54.1 Å². The third-order valence-electron chi connectivity index (χ3n) is 13.8. The van der Waals surface area contributed by atoms with Crippen LogP contribution in [-0.2, 0) is 20.1 Å². The van der Waals surface area contributed by atoms with Crippen LogP contribution in [0.1, 0.15) is 111 Å². The zero-order valence-corrected chi connectivity index (χ0v) is 43.8. The Labute approximate surface area is 434 Å². The SMILES string of the molecule is CC(C)c1cccc(C(C)C)c1-n1c(-c2[c-]cccc2)nc2ccccc21.[2H]C([2H])([2H])c1ccc2ccc3cc4c(cc3c2c1)oc1c(-c2[n-]c3ccccc3[n+]2-c2c(C(C)C)cccc2C(C)C)[c-]ccc14.[Ir+3]. The van der Waals surface area contributed by atoms with Gasteiger partial charge >= 0.3 is 20.1 Å². The number of imidazole rings is 2. The molecule has 71 heavy (non-hydrogen) atoms. The Morgan fingerprint density at radius 2 is 1.24 bits per heavy atom. The van der Waals surface area contributed by atoms with Crippen LogP contribution in [0.25, 0.3) is 99.7 Å². The van der Waals surface area contributed by atoms with Crippen molar-refractivity contribution in [3.8, 4) is 34.2 Å². The van der Waals surface area contributed by atoms with Gasteiger partial charge in [0.2, 0.25) is 0 Å². The minimum absolute atomic E-state index is 0. The van der Waals surface area contributed by atoms with Crippen LogP contribution in [0.5, 0.6) is 0 Å². The number of rotatable bonds is 8. The number of aromatic nitrogens is 4. The van der Waals surface area contributed by atoms with E-state index in [9.17, 15) is 0 Å². The largest absolute Gasteiger partial charge is 3.00 e. The van der Waals surface area contributed by atoms with Crippen LogP contribution >= 0.6 is 0 Å². The molecule has 9 aromatic carbocycles. The molecule has 0 saturated heterocycles. The van der Waals surface area contributed by atoms with Crippen molar-refractivity contribution in [2.24, 2.45) is 0 Å². The van der Waals surface area contributed by atoms with E-state index in [0.717, 1.165) is 88.3 Å². The third kappa shape index (κ3) is 8.37. The summed E-state index contributed by atoms with van der Waals surface area (Å²) in [6.07, 6.45) is 0. The van der Waals surface area contributed by atoms with Gasteiger partial charge < -0.3 is 13.6 Å². The minimum atomic E-state index is -2.18. The number of para-hydroxylation sites is 6. The molecular formula is C65H58IrN4O+. The van der Waals surface area contributed by atoms with Crippen molar-refractivity contribution in [2.45, 2.75) is 85.9 Å². The number of aryl methyl sites for hydroxylation is 1. The van der Waals surface area contributed by atoms with Crippen LogP contribution in [0.15, 0.2) is 168 Å². The number of benzene rings is 9. The second-order valence-electron chi connectivity index (χ2n) is 19.8. The van der Waals surface area contributed by atoms with Crippen molar-refractivity contribution in [3.05, 3.63) is 204 Å². The van der Waals surface area contributed by atoms with E-state index in [1.807, 2.05) is 42.5 Å². The average Bonchev–Trinajstić information content (AvgIpc) is 4.09. The molecule has 0 bridgehead atoms. The summed E-state index contributed by atoms with van der Waals surface area (Å²) in [5.41, 5.74) is 15.4. The molecule has 0 saturated carbocycles. The number of furan rings is 1. The van der Waals surface area contributed by atoms with Gasteiger partial charge in [-0.25, -0.2) is 0 Å². The summed E-state index contributed by atoms with van der Waals surface area (Å²) in [4.78, 5) is 10.2. The van der Waals surface area contributed by atoms with Crippen molar-refractivity contribution in [3.63, 3.8) is 0 Å². The zero-order valence-electron chi connectivity index (χ0n) is 44.4. The van der Waals surface area contributed by atoms with Gasteiger partial charge in [-0.2, -0.15) is 0 Å². The molecule has 0 fully saturated rings. The van der Waals surface area contributed by atoms with Gasteiger partial charge in [0.1, 0.15) is 5.58 Å². The summed E-state index contributed by atoms with van der Waals surface area (Å²) >= 11 is 0. The fourth-order valence-corrected chi connectivity index (χ4v) is 10.4. The average molecular weight is 1110 g/mol. The molecule has 6 heteroatoms. The van der Waals surface area contributed by atoms with E-state index in [0.29, 0.717) is 29.2 Å². The molecule has 0 radical (unpaired) electrons. The van der Waals surface area contributed by atoms with Crippen LogP contribution in [0.2, 0.25) is 0 Å². The number of hydrogen-bond donors (Lipinski definition) is 0. The Morgan fingerprint density at radius 1 is 0.592 bits per heavy atom. The van der Waals surface area contributed by atoms with Crippen LogP contribution in [0.4, 0.5) is 0 Å². The summed E-state index contributed by atoms with van der Waals surface area (Å²) < 4.78 is 35.3. The molecule has 0 N–H and O–H groups in total. The smallest absolute Gasteiger partial charge is 0.501 e. The topological polar surface area (TPSA) is 48.9 Å². The maximum absolute atomic E-state index is 7.96. The van der Waals surface area contributed by atoms with Crippen LogP contribution < -0.4 is 9.55 Å². The van der Waals surface area contributed by atoms with E-state index in [-0.39, 0.29) is 20.1 Å². The van der Waals surface area contributed by atoms with Gasteiger partial charge in [-0.3, -0.25) is 9.97 Å². The standard InChI is InChI=1S/C40H33N2O.C25H25N2.Ir/c1-23(2)28-10-8-11-29(24(3)4)38(28)42-36-15-7-6-14-35(36)41-40(42)31-13-9-12-30-34-21-27-19-18-26-17-16-25(5)20-32(26)33(27)22-37(34)43-39(30)31;1-17(2)20-13-10-14-21(18(3)4)24(20)27-23-16-9-8-15-22(23)26-25(27)19-11-6-5-7-12-19;/h6-12,14-24H,1-5H3;5-11,13-18H,1-4H3;/q2*-1;+3/i5D3;;. The van der Waals surface area contributed by atoms with Gasteiger partial charge in [0.25, 0.3) is 0 Å². The van der Waals surface area contributed by atoms with Crippen molar-refractivity contribution in [2.75, 3.05) is 0 Å². The van der Waals surface area contributed by atoms with Crippen molar-refractivity contribution in [1.29, 1.82) is 0 Å². The first kappa shape index (κ1) is 43.9. The molecule has 12 rings (SSSR count). The molecule has 0 spiro atoms. The summed E-state index contributed by atoms with van der Waals surface area (Å²) in [5, 5.41) is 5.86. The van der Waals surface area contributed by atoms with Crippen molar-refractivity contribution < 1.29 is 33.2 Å². The molecular weight excluding hydrogens is 1040 g/mol. The Morgan fingerprint density at radius 3 is 1.94 bits per heavy atom. The zero-order chi connectivity index (χ0) is 50.9. The van der Waals surface area contributed by atoms with Gasteiger partial charge in [0.15, 0.2) is 0 Å². The number of hydrogen-bond acceptors (Lipinski definition) is 2. The Hall–Kier alpha value is -7.11. The van der Waals surface area contributed by atoms with Gasteiger partial charge in [-0.05, 0) is 111 Å². The maximum Gasteiger partial charge on any atom is 3.00 e. The maximum atomic E-state index is 7.96. The summed E-state index contributed by atoms with van der Waals surface area (Å²) in [6, 6.07) is 62.7. The predicted molar refractivity (Wildman–Crippen MR) is 292 cm³/mol. The van der Waals surface area contributed by atoms with Crippen molar-refractivity contribution in [1.82, 2.24) is 14.5 Å². The Balaban J connectivity index is 0.000000191. The minimum Gasteiger partial charge on any atom is -0.501 e. The molecule has 3 heterocycles. The van der Waals surface area contributed by atoms with E-state index in [2.05, 4.69) is 186 Å². The Kier molecular flexibility index (Phi) is 11.9. The van der Waals surface area contributed by atoms with Crippen LogP contribution in [-0.4, -0.2) is 9.55 Å². The normalized spacial score (nSPS) is 12.6. The molecule has 5 nitrogen and oxygen atoms in total. The van der Waals surface area contributed by atoms with Crippen LogP contribution in [0, 0.1) is 19.0 Å². The van der Waals surface area contributed by atoms with Crippen molar-refractivity contribution >= 4 is 65.6 Å². The molecule has 0 aliphatic heterocycles. The van der Waals surface area contributed by atoms with E-state index in [1.165, 1.54) is 33.6 Å². The number of fused-ring (bicyclic) bond motifs is 8. The van der Waals surface area contributed by atoms with Gasteiger partial charge in [0.05, 0.1) is 39.3 Å². The van der Waals surface area contributed by atoms with Gasteiger partial charge in [-0.1, -0.05) is 163 Å². The van der Waals surface area contributed by atoms with Gasteiger partial charge in [0, 0.05) is 20.9 Å². The third-order valence-corrected chi connectivity index (χ3v) is 13.8. The molecule has 352 valence electrons. The fourth-order valence-electron chi connectivity index (χ4n) is 10.4. The number of nitrogens with zero attached hydrogens (tertiary/aromatic N) is 4. The molecule has 0 amide bonds. The van der Waals surface area contributed by atoms with E-state index in [4.69, 9.17) is 18.5 Å².